The van der Waals surface area contributed by atoms with Gasteiger partial charge in [0, 0.05) is 31.5 Å². The Hall–Kier alpha value is -2.62. The van der Waals surface area contributed by atoms with E-state index in [4.69, 9.17) is 11.5 Å². The van der Waals surface area contributed by atoms with Crippen LogP contribution in [0.1, 0.15) is 76.2 Å². The van der Waals surface area contributed by atoms with Crippen LogP contribution in [0.25, 0.3) is 0 Å². The van der Waals surface area contributed by atoms with Gasteiger partial charge in [0.1, 0.15) is 11.6 Å². The fraction of sp³-hybridized carbons (Fsp3) is 0.655. The molecule has 1 aromatic carbocycles. The number of fused-ring (bicyclic) bond motifs is 1. The van der Waals surface area contributed by atoms with Crippen molar-refractivity contribution in [1.29, 1.82) is 0 Å². The molecule has 3 atom stereocenters. The number of hydrogen-bond donors (Lipinski definition) is 3. The highest BCUT2D eigenvalue weighted by Gasteiger charge is 2.51. The molecule has 0 radical (unpaired) electrons. The van der Waals surface area contributed by atoms with Crippen LogP contribution < -0.4 is 16.8 Å². The number of unbranched alkanes of at least 4 members (excludes halogenated alkanes) is 1. The minimum atomic E-state index is -1.09. The molecule has 0 bridgehead atoms. The molecular weight excluding hydrogens is 482 g/mol. The Morgan fingerprint density at radius 2 is 1.76 bits per heavy atom. The van der Waals surface area contributed by atoms with Crippen molar-refractivity contribution in [3.8, 4) is 0 Å². The van der Waals surface area contributed by atoms with Crippen molar-refractivity contribution in [2.75, 3.05) is 19.6 Å². The summed E-state index contributed by atoms with van der Waals surface area (Å²) < 4.78 is 0. The number of nitrogens with zero attached hydrogens (tertiary/aromatic N) is 2. The largest absolute Gasteiger partial charge is 0.347 e. The van der Waals surface area contributed by atoms with Gasteiger partial charge >= 0.3 is 0 Å². The summed E-state index contributed by atoms with van der Waals surface area (Å²) in [6.45, 7) is 1.68. The summed E-state index contributed by atoms with van der Waals surface area (Å²) in [7, 11) is 0. The molecule has 4 rings (SSSR count). The zero-order valence-corrected chi connectivity index (χ0v) is 22.4. The first kappa shape index (κ1) is 28.4. The Morgan fingerprint density at radius 3 is 2.47 bits per heavy atom. The molecule has 3 fully saturated rings. The zero-order valence-electron chi connectivity index (χ0n) is 22.4. The van der Waals surface area contributed by atoms with Crippen LogP contribution >= 0.6 is 0 Å². The predicted molar refractivity (Wildman–Crippen MR) is 145 cm³/mol. The lowest BCUT2D eigenvalue weighted by atomic mass is 9.85. The second-order valence-electron chi connectivity index (χ2n) is 11.3. The fourth-order valence-corrected chi connectivity index (χ4v) is 6.20. The normalized spacial score (nSPS) is 25.2. The van der Waals surface area contributed by atoms with Gasteiger partial charge in [-0.2, -0.15) is 0 Å². The average Bonchev–Trinajstić information content (AvgIpc) is 3.36. The van der Waals surface area contributed by atoms with Crippen LogP contribution in [0.5, 0.6) is 0 Å². The number of benzene rings is 1. The van der Waals surface area contributed by atoms with Crippen molar-refractivity contribution in [3.63, 3.8) is 0 Å². The van der Waals surface area contributed by atoms with Crippen molar-refractivity contribution < 1.29 is 19.2 Å². The Balaban J connectivity index is 1.43. The minimum absolute atomic E-state index is 0.0252. The van der Waals surface area contributed by atoms with E-state index < -0.39 is 29.2 Å². The van der Waals surface area contributed by atoms with E-state index in [9.17, 15) is 19.2 Å². The number of rotatable bonds is 12. The summed E-state index contributed by atoms with van der Waals surface area (Å²) in [4.78, 5) is 53.3. The van der Waals surface area contributed by atoms with E-state index in [1.807, 2.05) is 35.3 Å². The van der Waals surface area contributed by atoms with Crippen molar-refractivity contribution in [1.82, 2.24) is 15.3 Å². The number of ketones is 2. The molecule has 9 heteroatoms. The van der Waals surface area contributed by atoms with E-state index >= 15 is 0 Å². The summed E-state index contributed by atoms with van der Waals surface area (Å²) in [5.74, 6) is -2.25. The Labute approximate surface area is 225 Å². The molecule has 2 aliphatic heterocycles. The van der Waals surface area contributed by atoms with Crippen molar-refractivity contribution in [2.45, 2.75) is 94.7 Å². The molecule has 208 valence electrons. The second-order valence-corrected chi connectivity index (χ2v) is 11.3. The third-order valence-electron chi connectivity index (χ3n) is 8.43. The van der Waals surface area contributed by atoms with Gasteiger partial charge in [-0.25, -0.2) is 5.01 Å². The van der Waals surface area contributed by atoms with Gasteiger partial charge in [0.15, 0.2) is 5.78 Å². The van der Waals surface area contributed by atoms with Gasteiger partial charge < -0.3 is 16.8 Å². The monoisotopic (exact) mass is 525 g/mol. The standard InChI is InChI=1S/C29H43N5O4/c30-16-8-7-11-22(26(36)27(37)32-23-12-5-2-6-13-23)19-25(35)24-14-17-33-18-15-29(31,28(38)34(24)33)20-21-9-3-1-4-10-21/h1,3-4,9-10,22-24H,2,5-8,11-20,30-31H2,(H,32,37)/t22?,24-,29+/m0/s1. The van der Waals surface area contributed by atoms with E-state index in [1.54, 1.807) is 5.01 Å². The highest BCUT2D eigenvalue weighted by Crippen LogP contribution is 2.32. The molecule has 1 aromatic rings. The highest BCUT2D eigenvalue weighted by atomic mass is 16.2. The van der Waals surface area contributed by atoms with Gasteiger partial charge in [0.2, 0.25) is 5.78 Å². The summed E-state index contributed by atoms with van der Waals surface area (Å²) in [6, 6.07) is 9.05. The molecule has 3 aliphatic rings. The lowest BCUT2D eigenvalue weighted by Crippen LogP contribution is -2.66. The van der Waals surface area contributed by atoms with E-state index in [0.717, 1.165) is 44.1 Å². The van der Waals surface area contributed by atoms with E-state index in [0.29, 0.717) is 51.7 Å². The molecule has 2 saturated heterocycles. The van der Waals surface area contributed by atoms with Crippen molar-refractivity contribution >= 4 is 23.4 Å². The predicted octanol–water partition coefficient (Wildman–Crippen LogP) is 1.87. The number of nitrogens with two attached hydrogens (primary N) is 2. The van der Waals surface area contributed by atoms with Crippen molar-refractivity contribution in [3.05, 3.63) is 35.9 Å². The van der Waals surface area contributed by atoms with Crippen LogP contribution in [0.4, 0.5) is 0 Å². The average molecular weight is 526 g/mol. The first-order chi connectivity index (χ1) is 18.3. The Morgan fingerprint density at radius 1 is 1.03 bits per heavy atom. The van der Waals surface area contributed by atoms with Gasteiger partial charge in [-0.15, -0.1) is 0 Å². The SMILES string of the molecule is NCCCCC(CC(=O)[C@@H]1CCN2CC[C@@](N)(Cc3ccccc3)C(=O)N12)C(=O)C(=O)NC1CCCCC1. The molecule has 2 amide bonds. The van der Waals surface area contributed by atoms with Crippen LogP contribution in [0.3, 0.4) is 0 Å². The summed E-state index contributed by atoms with van der Waals surface area (Å²) in [5, 5.41) is 6.38. The van der Waals surface area contributed by atoms with Gasteiger partial charge in [-0.3, -0.25) is 24.2 Å². The maximum atomic E-state index is 13.7. The van der Waals surface area contributed by atoms with Crippen LogP contribution in [-0.4, -0.2) is 70.7 Å². The number of carbonyl (C=O) groups excluding carboxylic acids is 4. The number of nitrogens with one attached hydrogen (secondary N) is 1. The van der Waals surface area contributed by atoms with Crippen LogP contribution in [0.2, 0.25) is 0 Å². The lowest BCUT2D eigenvalue weighted by Gasteiger charge is -2.44. The molecule has 38 heavy (non-hydrogen) atoms. The fourth-order valence-electron chi connectivity index (χ4n) is 6.20. The molecule has 9 nitrogen and oxygen atoms in total. The second kappa shape index (κ2) is 13.0. The maximum Gasteiger partial charge on any atom is 0.287 e. The number of amides is 2. The summed E-state index contributed by atoms with van der Waals surface area (Å²) >= 11 is 0. The Bertz CT molecular complexity index is 996. The van der Waals surface area contributed by atoms with Crippen LogP contribution in [0.15, 0.2) is 30.3 Å². The molecular formula is C29H43N5O4. The van der Waals surface area contributed by atoms with Crippen LogP contribution in [0, 0.1) is 5.92 Å². The molecule has 5 N–H and O–H groups in total. The molecule has 0 spiro atoms. The molecule has 1 saturated carbocycles. The number of hydrogen-bond acceptors (Lipinski definition) is 7. The topological polar surface area (TPSA) is 139 Å². The van der Waals surface area contributed by atoms with E-state index in [2.05, 4.69) is 5.32 Å². The minimum Gasteiger partial charge on any atom is -0.347 e. The lowest BCUT2D eigenvalue weighted by molar-refractivity contribution is -0.165. The molecule has 0 aromatic heterocycles. The first-order valence-corrected chi connectivity index (χ1v) is 14.3. The maximum absolute atomic E-state index is 13.7. The summed E-state index contributed by atoms with van der Waals surface area (Å²) in [6.07, 6.45) is 8.20. The smallest absolute Gasteiger partial charge is 0.287 e. The highest BCUT2D eigenvalue weighted by molar-refractivity contribution is 6.37. The molecule has 1 unspecified atom stereocenters. The van der Waals surface area contributed by atoms with Crippen LogP contribution in [-0.2, 0) is 25.6 Å². The van der Waals surface area contributed by atoms with E-state index in [-0.39, 0.29) is 24.2 Å². The van der Waals surface area contributed by atoms with E-state index in [1.165, 1.54) is 0 Å². The third kappa shape index (κ3) is 6.68. The quantitative estimate of drug-likeness (QED) is 0.280. The zero-order chi connectivity index (χ0) is 27.1. The Kier molecular flexibility index (Phi) is 9.68. The first-order valence-electron chi connectivity index (χ1n) is 14.3. The number of hydrazine groups is 1. The van der Waals surface area contributed by atoms with Crippen molar-refractivity contribution in [2.24, 2.45) is 17.4 Å². The summed E-state index contributed by atoms with van der Waals surface area (Å²) in [5.41, 5.74) is 12.2. The van der Waals surface area contributed by atoms with Gasteiger partial charge in [0.05, 0.1) is 0 Å². The third-order valence-corrected chi connectivity index (χ3v) is 8.43. The number of carbonyl (C=O) groups is 4. The molecule has 2 heterocycles. The van der Waals surface area contributed by atoms with Gasteiger partial charge in [-0.05, 0) is 57.1 Å². The van der Waals surface area contributed by atoms with Gasteiger partial charge in [-0.1, -0.05) is 56.0 Å². The number of Topliss-reactive ketones (excluding diaryl/α,β-unsaturated/α-hetero) is 2. The molecule has 1 aliphatic carbocycles. The van der Waals surface area contributed by atoms with Gasteiger partial charge in [0.25, 0.3) is 11.8 Å².